The smallest absolute Gasteiger partial charge is 0.410 e. The van der Waals surface area contributed by atoms with Crippen LogP contribution in [0, 0.1) is 0 Å². The van der Waals surface area contributed by atoms with Gasteiger partial charge in [0.2, 0.25) is 0 Å². The molecule has 2 atom stereocenters. The number of carbonyl (C=O) groups is 1. The van der Waals surface area contributed by atoms with Crippen LogP contribution in [-0.4, -0.2) is 23.1 Å². The van der Waals surface area contributed by atoms with Crippen LogP contribution < -0.4 is 0 Å². The third kappa shape index (κ3) is 3.50. The summed E-state index contributed by atoms with van der Waals surface area (Å²) in [6.45, 7) is 6.09. The van der Waals surface area contributed by atoms with Crippen LogP contribution in [0.4, 0.5) is 4.79 Å². The minimum Gasteiger partial charge on any atom is -0.445 e. The number of rotatable bonds is 4. The van der Waals surface area contributed by atoms with E-state index in [0.717, 1.165) is 18.4 Å². The molecule has 0 saturated heterocycles. The highest BCUT2D eigenvalue weighted by atomic mass is 16.6. The molecule has 3 nitrogen and oxygen atoms in total. The molecule has 0 fully saturated rings. The molecule has 1 amide bonds. The molecule has 0 unspecified atom stereocenters. The van der Waals surface area contributed by atoms with E-state index < -0.39 is 0 Å². The maximum atomic E-state index is 12.3. The molecule has 1 aliphatic heterocycles. The van der Waals surface area contributed by atoms with Crippen LogP contribution in [0.2, 0.25) is 0 Å². The minimum absolute atomic E-state index is 0.0666. The van der Waals surface area contributed by atoms with Crippen LogP contribution in [0.3, 0.4) is 0 Å². The summed E-state index contributed by atoms with van der Waals surface area (Å²) >= 11 is 0. The van der Waals surface area contributed by atoms with Crippen LogP contribution in [0.15, 0.2) is 55.1 Å². The van der Waals surface area contributed by atoms with Gasteiger partial charge < -0.3 is 4.74 Å². The standard InChI is InChI=1S/C17H21NO2/c1-3-8-16-12-7-9-14(2)18(16)17(19)20-13-15-10-5-4-6-11-15/h3-7,9-11,14,16H,1,8,12-13H2,2H3/t14-,16-/m1/s1. The molecule has 1 heterocycles. The second kappa shape index (κ2) is 6.94. The Morgan fingerprint density at radius 3 is 2.90 bits per heavy atom. The van der Waals surface area contributed by atoms with Gasteiger partial charge in [0.05, 0.1) is 6.04 Å². The lowest BCUT2D eigenvalue weighted by Crippen LogP contribution is -2.47. The van der Waals surface area contributed by atoms with Crippen LogP contribution in [0.1, 0.15) is 25.3 Å². The van der Waals surface area contributed by atoms with E-state index in [4.69, 9.17) is 4.74 Å². The first-order valence-corrected chi connectivity index (χ1v) is 6.99. The summed E-state index contributed by atoms with van der Waals surface area (Å²) in [5.74, 6) is 0. The Kier molecular flexibility index (Phi) is 4.99. The molecule has 2 rings (SSSR count). The topological polar surface area (TPSA) is 29.5 Å². The molecule has 1 aromatic carbocycles. The average molecular weight is 271 g/mol. The van der Waals surface area contributed by atoms with E-state index in [-0.39, 0.29) is 18.2 Å². The lowest BCUT2D eigenvalue weighted by atomic mass is 10.0. The molecule has 0 saturated carbocycles. The van der Waals surface area contributed by atoms with Crippen molar-refractivity contribution in [3.63, 3.8) is 0 Å². The molecule has 0 N–H and O–H groups in total. The Labute approximate surface area is 120 Å². The number of nitrogens with zero attached hydrogens (tertiary/aromatic N) is 1. The molecule has 20 heavy (non-hydrogen) atoms. The van der Waals surface area contributed by atoms with E-state index in [2.05, 4.69) is 12.7 Å². The largest absolute Gasteiger partial charge is 0.445 e. The lowest BCUT2D eigenvalue weighted by molar-refractivity contribution is 0.0699. The zero-order valence-electron chi connectivity index (χ0n) is 11.9. The fourth-order valence-electron chi connectivity index (χ4n) is 2.48. The molecule has 0 aliphatic carbocycles. The van der Waals surface area contributed by atoms with Crippen molar-refractivity contribution < 1.29 is 9.53 Å². The molecule has 0 spiro atoms. The van der Waals surface area contributed by atoms with E-state index in [0.29, 0.717) is 6.61 Å². The first-order chi connectivity index (χ1) is 9.72. The van der Waals surface area contributed by atoms with Crippen LogP contribution >= 0.6 is 0 Å². The van der Waals surface area contributed by atoms with Gasteiger partial charge in [0.25, 0.3) is 0 Å². The van der Waals surface area contributed by atoms with Crippen molar-refractivity contribution in [2.45, 2.75) is 38.5 Å². The predicted molar refractivity (Wildman–Crippen MR) is 80.3 cm³/mol. The molecule has 0 radical (unpaired) electrons. The van der Waals surface area contributed by atoms with Gasteiger partial charge in [0, 0.05) is 6.04 Å². The van der Waals surface area contributed by atoms with Gasteiger partial charge in [0.1, 0.15) is 6.61 Å². The van der Waals surface area contributed by atoms with Gasteiger partial charge in [-0.25, -0.2) is 4.79 Å². The van der Waals surface area contributed by atoms with E-state index >= 15 is 0 Å². The second-order valence-electron chi connectivity index (χ2n) is 5.03. The zero-order chi connectivity index (χ0) is 14.4. The Hall–Kier alpha value is -2.03. The van der Waals surface area contributed by atoms with Crippen molar-refractivity contribution >= 4 is 6.09 Å². The fraction of sp³-hybridized carbons (Fsp3) is 0.353. The third-order valence-corrected chi connectivity index (χ3v) is 3.51. The number of carbonyl (C=O) groups excluding carboxylic acids is 1. The third-order valence-electron chi connectivity index (χ3n) is 3.51. The van der Waals surface area contributed by atoms with E-state index in [1.54, 1.807) is 0 Å². The quantitative estimate of drug-likeness (QED) is 0.777. The predicted octanol–water partition coefficient (Wildman–Crippen LogP) is 3.92. The Morgan fingerprint density at radius 2 is 2.20 bits per heavy atom. The van der Waals surface area contributed by atoms with Crippen LogP contribution in [-0.2, 0) is 11.3 Å². The summed E-state index contributed by atoms with van der Waals surface area (Å²) in [7, 11) is 0. The van der Waals surface area contributed by atoms with Crippen molar-refractivity contribution in [1.29, 1.82) is 0 Å². The number of amides is 1. The van der Waals surface area contributed by atoms with Gasteiger partial charge in [-0.2, -0.15) is 0 Å². The summed E-state index contributed by atoms with van der Waals surface area (Å²) in [4.78, 5) is 14.1. The van der Waals surface area contributed by atoms with Crippen molar-refractivity contribution in [2.75, 3.05) is 0 Å². The second-order valence-corrected chi connectivity index (χ2v) is 5.03. The molecule has 1 aromatic rings. The Balaban J connectivity index is 1.98. The minimum atomic E-state index is -0.252. The summed E-state index contributed by atoms with van der Waals surface area (Å²) in [5, 5.41) is 0. The monoisotopic (exact) mass is 271 g/mol. The van der Waals surface area contributed by atoms with E-state index in [1.807, 2.05) is 54.3 Å². The normalized spacial score (nSPS) is 21.6. The van der Waals surface area contributed by atoms with Crippen LogP contribution in [0.5, 0.6) is 0 Å². The summed E-state index contributed by atoms with van der Waals surface area (Å²) in [6.07, 6.45) is 7.42. The van der Waals surface area contributed by atoms with Crippen molar-refractivity contribution in [3.05, 3.63) is 60.7 Å². The number of ether oxygens (including phenoxy) is 1. The maximum Gasteiger partial charge on any atom is 0.410 e. The fourth-order valence-corrected chi connectivity index (χ4v) is 2.48. The molecular weight excluding hydrogens is 250 g/mol. The zero-order valence-corrected chi connectivity index (χ0v) is 11.9. The lowest BCUT2D eigenvalue weighted by Gasteiger charge is -2.36. The molecular formula is C17H21NO2. The highest BCUT2D eigenvalue weighted by Crippen LogP contribution is 2.21. The number of benzene rings is 1. The Bertz CT molecular complexity index is 481. The average Bonchev–Trinajstić information content (AvgIpc) is 2.46. The van der Waals surface area contributed by atoms with E-state index in [1.165, 1.54) is 0 Å². The van der Waals surface area contributed by atoms with Crippen LogP contribution in [0.25, 0.3) is 0 Å². The van der Waals surface area contributed by atoms with Gasteiger partial charge in [-0.3, -0.25) is 4.90 Å². The summed E-state index contributed by atoms with van der Waals surface area (Å²) in [5.41, 5.74) is 1.00. The van der Waals surface area contributed by atoms with Crippen molar-refractivity contribution in [2.24, 2.45) is 0 Å². The van der Waals surface area contributed by atoms with Gasteiger partial charge >= 0.3 is 6.09 Å². The van der Waals surface area contributed by atoms with E-state index in [9.17, 15) is 4.79 Å². The first kappa shape index (κ1) is 14.4. The number of hydrogen-bond donors (Lipinski definition) is 0. The van der Waals surface area contributed by atoms with Gasteiger partial charge in [-0.05, 0) is 25.3 Å². The maximum absolute atomic E-state index is 12.3. The van der Waals surface area contributed by atoms with Crippen molar-refractivity contribution in [3.8, 4) is 0 Å². The molecule has 0 bridgehead atoms. The van der Waals surface area contributed by atoms with Crippen molar-refractivity contribution in [1.82, 2.24) is 4.90 Å². The van der Waals surface area contributed by atoms with Gasteiger partial charge in [-0.1, -0.05) is 48.6 Å². The molecule has 3 heteroatoms. The molecule has 106 valence electrons. The molecule has 1 aliphatic rings. The highest BCUT2D eigenvalue weighted by Gasteiger charge is 2.29. The summed E-state index contributed by atoms with van der Waals surface area (Å²) < 4.78 is 5.43. The first-order valence-electron chi connectivity index (χ1n) is 6.99. The SMILES string of the molecule is C=CC[C@@H]1CC=C[C@@H](C)N1C(=O)OCc1ccccc1. The highest BCUT2D eigenvalue weighted by molar-refractivity contribution is 5.69. The number of hydrogen-bond acceptors (Lipinski definition) is 2. The molecule has 0 aromatic heterocycles. The van der Waals surface area contributed by atoms with Gasteiger partial charge in [-0.15, -0.1) is 6.58 Å². The van der Waals surface area contributed by atoms with Gasteiger partial charge in [0.15, 0.2) is 0 Å². The summed E-state index contributed by atoms with van der Waals surface area (Å²) in [6, 6.07) is 9.95. The Morgan fingerprint density at radius 1 is 1.45 bits per heavy atom.